The molecule has 0 saturated carbocycles. The predicted octanol–water partition coefficient (Wildman–Crippen LogP) is 2.36. The van der Waals surface area contributed by atoms with E-state index < -0.39 is 6.10 Å². The van der Waals surface area contributed by atoms with E-state index in [2.05, 4.69) is 0 Å². The lowest BCUT2D eigenvalue weighted by molar-refractivity contribution is -0.127. The Bertz CT molecular complexity index is 488. The van der Waals surface area contributed by atoms with Gasteiger partial charge in [-0.1, -0.05) is 13.0 Å². The maximum absolute atomic E-state index is 11.8. The minimum atomic E-state index is -0.596. The molecule has 3 heteroatoms. The Balaban J connectivity index is 2.43. The third kappa shape index (κ3) is 2.09. The van der Waals surface area contributed by atoms with Gasteiger partial charge in [0.05, 0.1) is 5.56 Å². The van der Waals surface area contributed by atoms with Gasteiger partial charge in [0, 0.05) is 12.8 Å². The zero-order chi connectivity index (χ0) is 12.6. The number of benzene rings is 1. The van der Waals surface area contributed by atoms with E-state index in [1.54, 1.807) is 6.92 Å². The van der Waals surface area contributed by atoms with Crippen LogP contribution in [0.25, 0.3) is 0 Å². The zero-order valence-corrected chi connectivity index (χ0v) is 10.4. The summed E-state index contributed by atoms with van der Waals surface area (Å²) in [5, 5.41) is 0. The fourth-order valence-electron chi connectivity index (χ4n) is 2.28. The maximum Gasteiger partial charge on any atom is 0.339 e. The number of rotatable bonds is 2. The van der Waals surface area contributed by atoms with Crippen LogP contribution in [0.4, 0.5) is 0 Å². The van der Waals surface area contributed by atoms with E-state index in [1.807, 2.05) is 26.0 Å². The minimum absolute atomic E-state index is 0.0102. The Morgan fingerprint density at radius 3 is 2.76 bits per heavy atom. The van der Waals surface area contributed by atoms with Crippen molar-refractivity contribution >= 4 is 11.8 Å². The quantitative estimate of drug-likeness (QED) is 0.735. The summed E-state index contributed by atoms with van der Waals surface area (Å²) in [4.78, 5) is 23.5. The van der Waals surface area contributed by atoms with Crippen molar-refractivity contribution < 1.29 is 14.3 Å². The Kier molecular flexibility index (Phi) is 3.01. The second kappa shape index (κ2) is 4.32. The molecule has 1 unspecified atom stereocenters. The van der Waals surface area contributed by atoms with Crippen molar-refractivity contribution in [2.24, 2.45) is 0 Å². The molecule has 17 heavy (non-hydrogen) atoms. The molecule has 0 amide bonds. The van der Waals surface area contributed by atoms with Gasteiger partial charge in [-0.05, 0) is 36.6 Å². The average molecular weight is 232 g/mol. The summed E-state index contributed by atoms with van der Waals surface area (Å²) in [6, 6.07) is 3.86. The highest BCUT2D eigenvalue weighted by atomic mass is 16.5. The van der Waals surface area contributed by atoms with Gasteiger partial charge < -0.3 is 4.74 Å². The van der Waals surface area contributed by atoms with Gasteiger partial charge in [-0.2, -0.15) is 0 Å². The smallest absolute Gasteiger partial charge is 0.339 e. The molecule has 1 heterocycles. The first-order valence-electron chi connectivity index (χ1n) is 5.86. The van der Waals surface area contributed by atoms with Crippen LogP contribution in [0.5, 0.6) is 0 Å². The topological polar surface area (TPSA) is 43.4 Å². The van der Waals surface area contributed by atoms with Gasteiger partial charge in [0.15, 0.2) is 11.9 Å². The molecule has 0 bridgehead atoms. The lowest BCUT2D eigenvalue weighted by atomic mass is 9.91. The van der Waals surface area contributed by atoms with Gasteiger partial charge in [0.2, 0.25) is 0 Å². The average Bonchev–Trinajstić information content (AvgIpc) is 2.29. The molecule has 0 aliphatic carbocycles. The lowest BCUT2D eigenvalue weighted by Gasteiger charge is -2.25. The van der Waals surface area contributed by atoms with Gasteiger partial charge in [0.1, 0.15) is 0 Å². The summed E-state index contributed by atoms with van der Waals surface area (Å²) in [5.74, 6) is -0.381. The number of esters is 1. The molecule has 1 aromatic carbocycles. The molecule has 1 atom stereocenters. The van der Waals surface area contributed by atoms with Crippen LogP contribution in [0.15, 0.2) is 12.1 Å². The zero-order valence-electron chi connectivity index (χ0n) is 10.4. The Labute approximate surface area is 101 Å². The van der Waals surface area contributed by atoms with Gasteiger partial charge in [-0.3, -0.25) is 4.79 Å². The molecule has 0 fully saturated rings. The summed E-state index contributed by atoms with van der Waals surface area (Å²) < 4.78 is 5.19. The molecule has 0 N–H and O–H groups in total. The van der Waals surface area contributed by atoms with Crippen LogP contribution >= 0.6 is 0 Å². The van der Waals surface area contributed by atoms with E-state index >= 15 is 0 Å². The number of hydrogen-bond donors (Lipinski definition) is 0. The monoisotopic (exact) mass is 232 g/mol. The van der Waals surface area contributed by atoms with Crippen LogP contribution in [0.2, 0.25) is 0 Å². The van der Waals surface area contributed by atoms with Gasteiger partial charge in [-0.25, -0.2) is 4.79 Å². The molecule has 3 nitrogen and oxygen atoms in total. The molecule has 0 saturated heterocycles. The van der Waals surface area contributed by atoms with E-state index in [1.165, 1.54) is 0 Å². The Morgan fingerprint density at radius 2 is 2.12 bits per heavy atom. The molecule has 0 aromatic heterocycles. The van der Waals surface area contributed by atoms with Gasteiger partial charge in [-0.15, -0.1) is 0 Å². The fourth-order valence-corrected chi connectivity index (χ4v) is 2.28. The van der Waals surface area contributed by atoms with Crippen molar-refractivity contribution in [3.63, 3.8) is 0 Å². The molecule has 1 aromatic rings. The number of carbonyl (C=O) groups excluding carboxylic acids is 2. The first kappa shape index (κ1) is 11.8. The predicted molar refractivity (Wildman–Crippen MR) is 64.1 cm³/mol. The Hall–Kier alpha value is -1.64. The van der Waals surface area contributed by atoms with Crippen LogP contribution < -0.4 is 0 Å². The van der Waals surface area contributed by atoms with Crippen molar-refractivity contribution in [2.75, 3.05) is 0 Å². The number of cyclic esters (lactones) is 1. The number of ketones is 1. The van der Waals surface area contributed by atoms with E-state index in [0.29, 0.717) is 18.4 Å². The summed E-state index contributed by atoms with van der Waals surface area (Å²) >= 11 is 0. The molecule has 0 spiro atoms. The lowest BCUT2D eigenvalue weighted by Crippen LogP contribution is -2.34. The molecule has 0 radical (unpaired) electrons. The highest BCUT2D eigenvalue weighted by molar-refractivity contribution is 5.96. The van der Waals surface area contributed by atoms with E-state index in [9.17, 15) is 9.59 Å². The first-order chi connectivity index (χ1) is 8.02. The van der Waals surface area contributed by atoms with E-state index in [4.69, 9.17) is 4.74 Å². The molecule has 1 aliphatic heterocycles. The molecule has 90 valence electrons. The number of aryl methyl sites for hydroxylation is 2. The number of hydrogen-bond acceptors (Lipinski definition) is 3. The van der Waals surface area contributed by atoms with Gasteiger partial charge in [0.25, 0.3) is 0 Å². The SMILES string of the molecule is CCC(=O)C1Cc2c(C)cc(C)cc2C(=O)O1. The molecular formula is C14H16O3. The van der Waals surface area contributed by atoms with Crippen LogP contribution in [-0.2, 0) is 16.0 Å². The van der Waals surface area contributed by atoms with Crippen LogP contribution in [0, 0.1) is 13.8 Å². The highest BCUT2D eigenvalue weighted by Gasteiger charge is 2.31. The number of Topliss-reactive ketones (excluding diaryl/α,β-unsaturated/α-hetero) is 1. The summed E-state index contributed by atoms with van der Waals surface area (Å²) in [6.45, 7) is 5.70. The van der Waals surface area contributed by atoms with Crippen LogP contribution in [0.3, 0.4) is 0 Å². The van der Waals surface area contributed by atoms with Crippen molar-refractivity contribution in [2.45, 2.75) is 39.7 Å². The molecular weight excluding hydrogens is 216 g/mol. The third-order valence-corrected chi connectivity index (χ3v) is 3.18. The standard InChI is InChI=1S/C14H16O3/c1-4-12(15)13-7-10-9(3)5-8(2)6-11(10)14(16)17-13/h5-6,13H,4,7H2,1-3H3. The van der Waals surface area contributed by atoms with Gasteiger partial charge >= 0.3 is 5.97 Å². The fraction of sp³-hybridized carbons (Fsp3) is 0.429. The first-order valence-corrected chi connectivity index (χ1v) is 5.86. The van der Waals surface area contributed by atoms with Crippen LogP contribution in [0.1, 0.15) is 40.4 Å². The third-order valence-electron chi connectivity index (χ3n) is 3.18. The second-order valence-corrected chi connectivity index (χ2v) is 4.53. The number of carbonyl (C=O) groups is 2. The summed E-state index contributed by atoms with van der Waals surface area (Å²) in [7, 11) is 0. The summed E-state index contributed by atoms with van der Waals surface area (Å²) in [6.07, 6.45) is 0.319. The van der Waals surface area contributed by atoms with Crippen LogP contribution in [-0.4, -0.2) is 17.9 Å². The number of ether oxygens (including phenoxy) is 1. The summed E-state index contributed by atoms with van der Waals surface area (Å²) in [5.41, 5.74) is 3.67. The van der Waals surface area contributed by atoms with E-state index in [-0.39, 0.29) is 11.8 Å². The van der Waals surface area contributed by atoms with Crippen molar-refractivity contribution in [3.8, 4) is 0 Å². The highest BCUT2D eigenvalue weighted by Crippen LogP contribution is 2.26. The van der Waals surface area contributed by atoms with Crippen molar-refractivity contribution in [1.82, 2.24) is 0 Å². The normalized spacial score (nSPS) is 18.5. The molecule has 2 rings (SSSR count). The van der Waals surface area contributed by atoms with Crippen molar-refractivity contribution in [3.05, 3.63) is 34.4 Å². The second-order valence-electron chi connectivity index (χ2n) is 4.53. The Morgan fingerprint density at radius 1 is 1.41 bits per heavy atom. The minimum Gasteiger partial charge on any atom is -0.450 e. The largest absolute Gasteiger partial charge is 0.450 e. The number of fused-ring (bicyclic) bond motifs is 1. The molecule has 1 aliphatic rings. The maximum atomic E-state index is 11.8. The van der Waals surface area contributed by atoms with Crippen molar-refractivity contribution in [1.29, 1.82) is 0 Å². The van der Waals surface area contributed by atoms with E-state index in [0.717, 1.165) is 16.7 Å².